The van der Waals surface area contributed by atoms with Crippen LogP contribution in [0.25, 0.3) is 22.3 Å². The summed E-state index contributed by atoms with van der Waals surface area (Å²) in [5, 5.41) is 0. The van der Waals surface area contributed by atoms with Gasteiger partial charge in [-0.3, -0.25) is 4.52 Å². The Kier molecular flexibility index (Phi) is 10.5. The molecule has 0 aromatic heterocycles. The van der Waals surface area contributed by atoms with Crippen LogP contribution in [0.2, 0.25) is 0 Å². The molecule has 252 valence electrons. The summed E-state index contributed by atoms with van der Waals surface area (Å²) in [6, 6.07) is 26.5. The van der Waals surface area contributed by atoms with Gasteiger partial charge in [-0.25, -0.2) is 0 Å². The molecule has 4 rings (SSSR count). The maximum atomic E-state index is 6.78. The van der Waals surface area contributed by atoms with Crippen LogP contribution in [0, 0.1) is 13.8 Å². The molecule has 0 bridgehead atoms. The van der Waals surface area contributed by atoms with E-state index in [1.54, 1.807) is 7.11 Å². The normalized spacial score (nSPS) is 12.9. The second-order valence-electron chi connectivity index (χ2n) is 17.0. The minimum absolute atomic E-state index is 0.0495. The Hall–Kier alpha value is -3.13. The van der Waals surface area contributed by atoms with Crippen LogP contribution >= 0.6 is 8.60 Å². The van der Waals surface area contributed by atoms with Crippen molar-refractivity contribution < 1.29 is 13.6 Å². The van der Waals surface area contributed by atoms with Gasteiger partial charge in [-0.2, -0.15) is 0 Å². The zero-order chi connectivity index (χ0) is 35.1. The van der Waals surface area contributed by atoms with E-state index >= 15 is 0 Å². The number of benzene rings is 4. The molecule has 4 aromatic rings. The Labute approximate surface area is 287 Å². The molecule has 0 spiro atoms. The molecular formula is C43H57O3P. The van der Waals surface area contributed by atoms with Crippen molar-refractivity contribution in [2.75, 3.05) is 7.11 Å². The van der Waals surface area contributed by atoms with Gasteiger partial charge in [0.15, 0.2) is 0 Å². The number of aryl methyl sites for hydroxylation is 2. The zero-order valence-electron chi connectivity index (χ0n) is 31.6. The van der Waals surface area contributed by atoms with Gasteiger partial charge in [0.2, 0.25) is 0 Å². The van der Waals surface area contributed by atoms with E-state index in [0.29, 0.717) is 0 Å². The first-order chi connectivity index (χ1) is 21.6. The van der Waals surface area contributed by atoms with Gasteiger partial charge in [0.1, 0.15) is 11.5 Å². The largest absolute Gasteiger partial charge is 0.462 e. The van der Waals surface area contributed by atoms with Crippen molar-refractivity contribution >= 4 is 8.60 Å². The lowest BCUT2D eigenvalue weighted by Gasteiger charge is -2.29. The molecule has 4 aromatic carbocycles. The van der Waals surface area contributed by atoms with Crippen LogP contribution in [0.5, 0.6) is 11.5 Å². The van der Waals surface area contributed by atoms with Crippen LogP contribution in [0.3, 0.4) is 0 Å². The lowest BCUT2D eigenvalue weighted by atomic mass is 9.77. The summed E-state index contributed by atoms with van der Waals surface area (Å²) in [4.78, 5) is 0. The third-order valence-corrected chi connectivity index (χ3v) is 9.83. The van der Waals surface area contributed by atoms with Gasteiger partial charge < -0.3 is 9.05 Å². The van der Waals surface area contributed by atoms with E-state index in [0.717, 1.165) is 33.8 Å². The van der Waals surface area contributed by atoms with Crippen molar-refractivity contribution in [3.8, 4) is 33.8 Å². The van der Waals surface area contributed by atoms with Crippen molar-refractivity contribution in [3.63, 3.8) is 0 Å². The number of rotatable bonds is 7. The predicted octanol–water partition coefficient (Wildman–Crippen LogP) is 13.2. The highest BCUT2D eigenvalue weighted by Gasteiger charge is 2.29. The summed E-state index contributed by atoms with van der Waals surface area (Å²) >= 11 is 0. The van der Waals surface area contributed by atoms with Gasteiger partial charge in [-0.15, -0.1) is 0 Å². The van der Waals surface area contributed by atoms with Crippen LogP contribution < -0.4 is 9.05 Å². The Bertz CT molecular complexity index is 1600. The topological polar surface area (TPSA) is 27.7 Å². The first-order valence-corrected chi connectivity index (χ1v) is 17.9. The van der Waals surface area contributed by atoms with Crippen molar-refractivity contribution in [3.05, 3.63) is 106 Å². The van der Waals surface area contributed by atoms with Crippen molar-refractivity contribution in [1.29, 1.82) is 0 Å². The highest BCUT2D eigenvalue weighted by molar-refractivity contribution is 7.42. The van der Waals surface area contributed by atoms with Gasteiger partial charge >= 0.3 is 8.60 Å². The Morgan fingerprint density at radius 3 is 1.11 bits per heavy atom. The molecule has 0 aliphatic carbocycles. The summed E-state index contributed by atoms with van der Waals surface area (Å²) in [6.45, 7) is 31.4. The standard InChI is InChI=1S/C43H57O3P/c1-28-18-16-20-34(32-24-22-30(40(3,4)5)26-36(32)42(9,10)11)38(28)45-47(44-15)46-39-29(2)19-17-21-35(39)33-25-23-31(41(6,7)8)27-37(33)43(12,13)14/h16-27H,1-15H3. The van der Waals surface area contributed by atoms with E-state index in [4.69, 9.17) is 13.6 Å². The monoisotopic (exact) mass is 652 g/mol. The van der Waals surface area contributed by atoms with E-state index in [1.807, 2.05) is 0 Å². The molecule has 0 atom stereocenters. The maximum absolute atomic E-state index is 6.78. The van der Waals surface area contributed by atoms with Crippen LogP contribution in [0.15, 0.2) is 72.8 Å². The molecule has 3 nitrogen and oxygen atoms in total. The second-order valence-corrected chi connectivity index (χ2v) is 18.2. The molecule has 0 heterocycles. The maximum Gasteiger partial charge on any atom is 0.462 e. The average Bonchev–Trinajstić information content (AvgIpc) is 2.96. The summed E-state index contributed by atoms with van der Waals surface area (Å²) in [7, 11) is -0.116. The fourth-order valence-corrected chi connectivity index (χ4v) is 6.92. The van der Waals surface area contributed by atoms with Gasteiger partial charge in [-0.05, 0) is 80.0 Å². The van der Waals surface area contributed by atoms with Crippen LogP contribution in [-0.2, 0) is 26.2 Å². The lowest BCUT2D eigenvalue weighted by molar-refractivity contribution is 0.322. The third kappa shape index (κ3) is 8.30. The van der Waals surface area contributed by atoms with E-state index in [-0.39, 0.29) is 21.7 Å². The van der Waals surface area contributed by atoms with Crippen LogP contribution in [0.1, 0.15) is 116 Å². The lowest BCUT2D eigenvalue weighted by Crippen LogP contribution is -2.17. The summed E-state index contributed by atoms with van der Waals surface area (Å²) in [6.07, 6.45) is 0. The molecular weight excluding hydrogens is 595 g/mol. The minimum Gasteiger partial charge on any atom is -0.417 e. The third-order valence-electron chi connectivity index (χ3n) is 8.87. The SMILES string of the molecule is COP(Oc1c(C)cccc1-c1ccc(C(C)(C)C)cc1C(C)(C)C)Oc1c(C)cccc1-c1ccc(C(C)(C)C)cc1C(C)(C)C. The molecule has 0 aliphatic rings. The number of para-hydroxylation sites is 2. The molecule has 0 radical (unpaired) electrons. The highest BCUT2D eigenvalue weighted by atomic mass is 31.2. The molecule has 47 heavy (non-hydrogen) atoms. The fraction of sp³-hybridized carbons (Fsp3) is 0.442. The minimum atomic E-state index is -1.78. The molecule has 0 fully saturated rings. The number of hydrogen-bond acceptors (Lipinski definition) is 3. The van der Waals surface area contributed by atoms with Gasteiger partial charge in [-0.1, -0.05) is 156 Å². The zero-order valence-corrected chi connectivity index (χ0v) is 32.5. The van der Waals surface area contributed by atoms with Gasteiger partial charge in [0.05, 0.1) is 0 Å². The molecule has 0 amide bonds. The molecule has 0 N–H and O–H groups in total. The van der Waals surface area contributed by atoms with Crippen molar-refractivity contribution in [1.82, 2.24) is 0 Å². The molecule has 0 saturated carbocycles. The fourth-order valence-electron chi connectivity index (χ4n) is 5.95. The Balaban J connectivity index is 1.82. The van der Waals surface area contributed by atoms with Gasteiger partial charge in [0, 0.05) is 18.2 Å². The van der Waals surface area contributed by atoms with Gasteiger partial charge in [0.25, 0.3) is 0 Å². The van der Waals surface area contributed by atoms with E-state index in [1.165, 1.54) is 33.4 Å². The smallest absolute Gasteiger partial charge is 0.417 e. The van der Waals surface area contributed by atoms with Crippen LogP contribution in [-0.4, -0.2) is 7.11 Å². The quantitative estimate of drug-likeness (QED) is 0.186. The molecule has 0 saturated heterocycles. The predicted molar refractivity (Wildman–Crippen MR) is 203 cm³/mol. The van der Waals surface area contributed by atoms with Crippen LogP contribution in [0.4, 0.5) is 0 Å². The Morgan fingerprint density at radius 1 is 0.447 bits per heavy atom. The average molecular weight is 653 g/mol. The Morgan fingerprint density at radius 2 is 0.809 bits per heavy atom. The first-order valence-electron chi connectivity index (χ1n) is 16.8. The van der Waals surface area contributed by atoms with E-state index in [9.17, 15) is 0 Å². The second kappa shape index (κ2) is 13.4. The summed E-state index contributed by atoms with van der Waals surface area (Å²) in [5.74, 6) is 1.57. The summed E-state index contributed by atoms with van der Waals surface area (Å²) in [5.41, 5.74) is 11.7. The van der Waals surface area contributed by atoms with Crippen molar-refractivity contribution in [2.45, 2.75) is 119 Å². The molecule has 4 heteroatoms. The van der Waals surface area contributed by atoms with E-state index in [2.05, 4.69) is 170 Å². The highest BCUT2D eigenvalue weighted by Crippen LogP contribution is 2.50. The molecule has 0 unspecified atom stereocenters. The van der Waals surface area contributed by atoms with Crippen molar-refractivity contribution in [2.24, 2.45) is 0 Å². The summed E-state index contributed by atoms with van der Waals surface area (Å²) < 4.78 is 19.5. The first kappa shape index (κ1) is 36.7. The molecule has 0 aliphatic heterocycles. The number of hydrogen-bond donors (Lipinski definition) is 0. The van der Waals surface area contributed by atoms with E-state index < -0.39 is 8.60 Å².